The summed E-state index contributed by atoms with van der Waals surface area (Å²) in [5, 5.41) is 14.2. The topological polar surface area (TPSA) is 77.3 Å². The summed E-state index contributed by atoms with van der Waals surface area (Å²) in [4.78, 5) is 14.8. The fourth-order valence-corrected chi connectivity index (χ4v) is 2.28. The normalized spacial score (nSPS) is 10.4. The van der Waals surface area contributed by atoms with Crippen LogP contribution in [0.25, 0.3) is 0 Å². The highest BCUT2D eigenvalue weighted by atomic mass is 79.9. The highest BCUT2D eigenvalue weighted by molar-refractivity contribution is 9.10. The number of nitrogens with zero attached hydrogens (tertiary/aromatic N) is 2. The Morgan fingerprint density at radius 3 is 2.81 bits per heavy atom. The number of pyridine rings is 1. The molecule has 0 radical (unpaired) electrons. The molecule has 0 aliphatic rings. The van der Waals surface area contributed by atoms with E-state index in [4.69, 9.17) is 4.74 Å². The number of hydrogen-bond donors (Lipinski definition) is 1. The standard InChI is InChI=1S/C14H14BrN3O3/c1-21-14-11(3-2-6-17-14)9-16-8-10-4-5-12(15)7-13(10)18(19)20/h2-7,16H,8-9H2,1H3. The maximum atomic E-state index is 11.0. The molecule has 1 heterocycles. The van der Waals surface area contributed by atoms with Crippen LogP contribution in [0.2, 0.25) is 0 Å². The molecule has 0 aliphatic heterocycles. The lowest BCUT2D eigenvalue weighted by Crippen LogP contribution is -2.14. The molecule has 0 atom stereocenters. The van der Waals surface area contributed by atoms with Crippen molar-refractivity contribution in [1.29, 1.82) is 0 Å². The third-order valence-electron chi connectivity index (χ3n) is 2.92. The lowest BCUT2D eigenvalue weighted by molar-refractivity contribution is -0.385. The number of nitrogens with one attached hydrogen (secondary N) is 1. The Labute approximate surface area is 130 Å². The van der Waals surface area contributed by atoms with Gasteiger partial charge >= 0.3 is 0 Å². The van der Waals surface area contributed by atoms with Gasteiger partial charge in [0.1, 0.15) is 0 Å². The molecule has 1 aromatic carbocycles. The second kappa shape index (κ2) is 7.14. The van der Waals surface area contributed by atoms with E-state index in [-0.39, 0.29) is 10.6 Å². The van der Waals surface area contributed by atoms with Gasteiger partial charge in [0.05, 0.1) is 12.0 Å². The third-order valence-corrected chi connectivity index (χ3v) is 3.41. The van der Waals surface area contributed by atoms with Crippen LogP contribution in [0.1, 0.15) is 11.1 Å². The number of methoxy groups -OCH3 is 1. The number of rotatable bonds is 6. The zero-order chi connectivity index (χ0) is 15.2. The van der Waals surface area contributed by atoms with Crippen LogP contribution in [0, 0.1) is 10.1 Å². The number of nitro benzene ring substituents is 1. The van der Waals surface area contributed by atoms with E-state index >= 15 is 0 Å². The van der Waals surface area contributed by atoms with Crippen molar-refractivity contribution in [3.63, 3.8) is 0 Å². The van der Waals surface area contributed by atoms with Crippen molar-refractivity contribution in [2.24, 2.45) is 0 Å². The molecule has 0 saturated carbocycles. The van der Waals surface area contributed by atoms with Crippen molar-refractivity contribution in [2.45, 2.75) is 13.1 Å². The Bertz CT molecular complexity index is 649. The van der Waals surface area contributed by atoms with Crippen LogP contribution in [0.3, 0.4) is 0 Å². The minimum atomic E-state index is -0.383. The van der Waals surface area contributed by atoms with Crippen molar-refractivity contribution in [2.75, 3.05) is 7.11 Å². The van der Waals surface area contributed by atoms with Crippen LogP contribution in [0.15, 0.2) is 41.0 Å². The molecule has 0 unspecified atom stereocenters. The summed E-state index contributed by atoms with van der Waals surface area (Å²) in [6, 6.07) is 8.74. The predicted molar refractivity (Wildman–Crippen MR) is 82.1 cm³/mol. The van der Waals surface area contributed by atoms with E-state index in [2.05, 4.69) is 26.2 Å². The van der Waals surface area contributed by atoms with Crippen LogP contribution in [-0.2, 0) is 13.1 Å². The van der Waals surface area contributed by atoms with Crippen molar-refractivity contribution < 1.29 is 9.66 Å². The van der Waals surface area contributed by atoms with Gasteiger partial charge in [-0.05, 0) is 18.2 Å². The average Bonchev–Trinajstić information content (AvgIpc) is 2.49. The van der Waals surface area contributed by atoms with Crippen molar-refractivity contribution in [3.8, 4) is 5.88 Å². The van der Waals surface area contributed by atoms with Gasteiger partial charge in [-0.1, -0.05) is 22.0 Å². The van der Waals surface area contributed by atoms with E-state index in [9.17, 15) is 10.1 Å². The number of hydrogen-bond acceptors (Lipinski definition) is 5. The zero-order valence-corrected chi connectivity index (χ0v) is 13.0. The van der Waals surface area contributed by atoms with E-state index in [1.165, 1.54) is 6.07 Å². The summed E-state index contributed by atoms with van der Waals surface area (Å²) >= 11 is 3.24. The van der Waals surface area contributed by atoms with Gasteiger partial charge in [0.2, 0.25) is 5.88 Å². The van der Waals surface area contributed by atoms with Gasteiger partial charge in [-0.25, -0.2) is 4.98 Å². The summed E-state index contributed by atoms with van der Waals surface area (Å²) in [6.45, 7) is 0.909. The molecular formula is C14H14BrN3O3. The maximum Gasteiger partial charge on any atom is 0.275 e. The second-order valence-corrected chi connectivity index (χ2v) is 5.22. The minimum Gasteiger partial charge on any atom is -0.481 e. The van der Waals surface area contributed by atoms with Gasteiger partial charge in [-0.2, -0.15) is 0 Å². The molecule has 0 amide bonds. The van der Waals surface area contributed by atoms with Gasteiger partial charge < -0.3 is 10.1 Å². The first-order valence-corrected chi connectivity index (χ1v) is 7.02. The Morgan fingerprint density at radius 2 is 2.10 bits per heavy atom. The second-order valence-electron chi connectivity index (χ2n) is 4.31. The Balaban J connectivity index is 2.05. The van der Waals surface area contributed by atoms with Gasteiger partial charge in [-0.3, -0.25) is 10.1 Å². The van der Waals surface area contributed by atoms with Gasteiger partial charge in [0.15, 0.2) is 0 Å². The molecule has 0 saturated heterocycles. The van der Waals surface area contributed by atoms with E-state index in [1.807, 2.05) is 12.1 Å². The van der Waals surface area contributed by atoms with E-state index < -0.39 is 0 Å². The molecule has 2 aromatic rings. The average molecular weight is 352 g/mol. The molecule has 0 fully saturated rings. The van der Waals surface area contributed by atoms with Crippen LogP contribution in [-0.4, -0.2) is 17.0 Å². The number of halogens is 1. The molecular weight excluding hydrogens is 338 g/mol. The highest BCUT2D eigenvalue weighted by Gasteiger charge is 2.13. The summed E-state index contributed by atoms with van der Waals surface area (Å²) in [5.74, 6) is 0.551. The fraction of sp³-hybridized carbons (Fsp3) is 0.214. The van der Waals surface area contributed by atoms with E-state index in [0.29, 0.717) is 29.0 Å². The molecule has 2 rings (SSSR count). The Hall–Kier alpha value is -1.99. The van der Waals surface area contributed by atoms with Gasteiger partial charge in [-0.15, -0.1) is 0 Å². The fourth-order valence-electron chi connectivity index (χ4n) is 1.93. The molecule has 110 valence electrons. The van der Waals surface area contributed by atoms with Crippen molar-refractivity contribution in [3.05, 3.63) is 62.2 Å². The largest absolute Gasteiger partial charge is 0.481 e. The summed E-state index contributed by atoms with van der Waals surface area (Å²) in [5.41, 5.74) is 1.63. The summed E-state index contributed by atoms with van der Waals surface area (Å²) in [7, 11) is 1.56. The smallest absolute Gasteiger partial charge is 0.275 e. The molecule has 1 N–H and O–H groups in total. The summed E-state index contributed by atoms with van der Waals surface area (Å²) < 4.78 is 5.85. The van der Waals surface area contributed by atoms with Crippen LogP contribution in [0.4, 0.5) is 5.69 Å². The first-order valence-electron chi connectivity index (χ1n) is 6.23. The molecule has 7 heteroatoms. The third kappa shape index (κ3) is 3.99. The molecule has 1 aromatic heterocycles. The Morgan fingerprint density at radius 1 is 1.33 bits per heavy atom. The minimum absolute atomic E-state index is 0.0926. The van der Waals surface area contributed by atoms with Crippen LogP contribution < -0.4 is 10.1 Å². The lowest BCUT2D eigenvalue weighted by atomic mass is 10.1. The molecule has 0 spiro atoms. The predicted octanol–water partition coefficient (Wildman–Crippen LogP) is 3.05. The number of ether oxygens (including phenoxy) is 1. The monoisotopic (exact) mass is 351 g/mol. The van der Waals surface area contributed by atoms with Gasteiger partial charge in [0, 0.05) is 41.0 Å². The first kappa shape index (κ1) is 15.4. The number of benzene rings is 1. The highest BCUT2D eigenvalue weighted by Crippen LogP contribution is 2.23. The SMILES string of the molecule is COc1ncccc1CNCc1ccc(Br)cc1[N+](=O)[O-]. The van der Waals surface area contributed by atoms with E-state index in [1.54, 1.807) is 25.4 Å². The number of nitro groups is 1. The quantitative estimate of drug-likeness (QED) is 0.639. The van der Waals surface area contributed by atoms with E-state index in [0.717, 1.165) is 5.56 Å². The maximum absolute atomic E-state index is 11.0. The summed E-state index contributed by atoms with van der Waals surface area (Å²) in [6.07, 6.45) is 1.65. The number of aromatic nitrogens is 1. The Kier molecular flexibility index (Phi) is 5.24. The molecule has 21 heavy (non-hydrogen) atoms. The molecule has 0 bridgehead atoms. The zero-order valence-electron chi connectivity index (χ0n) is 11.4. The first-order chi connectivity index (χ1) is 10.1. The molecule has 0 aliphatic carbocycles. The van der Waals surface area contributed by atoms with Crippen molar-refractivity contribution in [1.82, 2.24) is 10.3 Å². The van der Waals surface area contributed by atoms with Crippen LogP contribution in [0.5, 0.6) is 5.88 Å². The van der Waals surface area contributed by atoms with Crippen molar-refractivity contribution >= 4 is 21.6 Å². The lowest BCUT2D eigenvalue weighted by Gasteiger charge is -2.09. The van der Waals surface area contributed by atoms with Gasteiger partial charge in [0.25, 0.3) is 5.69 Å². The van der Waals surface area contributed by atoms with Crippen LogP contribution >= 0.6 is 15.9 Å². The molecule has 6 nitrogen and oxygen atoms in total.